The summed E-state index contributed by atoms with van der Waals surface area (Å²) in [6.45, 7) is 10.5. The van der Waals surface area contributed by atoms with E-state index < -0.39 is 0 Å². The Kier molecular flexibility index (Phi) is 29.4. The first-order chi connectivity index (χ1) is 8.76. The molecule has 0 heterocycles. The smallest absolute Gasteiger partial charge is 0.550 e. The van der Waals surface area contributed by atoms with E-state index in [0.29, 0.717) is 19.2 Å². The van der Waals surface area contributed by atoms with Crippen LogP contribution >= 0.6 is 0 Å². The Morgan fingerprint density at radius 1 is 1.05 bits per heavy atom. The summed E-state index contributed by atoms with van der Waals surface area (Å²) >= 11 is 0. The van der Waals surface area contributed by atoms with Crippen LogP contribution in [0.15, 0.2) is 12.0 Å². The van der Waals surface area contributed by atoms with Crippen LogP contribution < -0.4 is 0 Å². The second-order valence-corrected chi connectivity index (χ2v) is 3.44. The number of aliphatic hydroxyl groups is 1. The topological polar surface area (TPSA) is 38.7 Å². The molecule has 0 atom stereocenters. The Hall–Kier alpha value is 0.0531. The summed E-state index contributed by atoms with van der Waals surface area (Å²) in [6.07, 6.45) is 11.6. The average molecular weight is 349 g/mol. The summed E-state index contributed by atoms with van der Waals surface area (Å²) < 4.78 is 10.0. The van der Waals surface area contributed by atoms with Crippen LogP contribution in [0.4, 0.5) is 0 Å². The summed E-state index contributed by atoms with van der Waals surface area (Å²) in [4.78, 5) is 0. The van der Waals surface area contributed by atoms with Crippen LogP contribution in [0.5, 0.6) is 0 Å². The fraction of sp³-hybridized carbons (Fsp3) is 0.667. The van der Waals surface area contributed by atoms with Gasteiger partial charge in [0, 0.05) is 6.61 Å². The van der Waals surface area contributed by atoms with E-state index in [0.717, 1.165) is 0 Å². The molecule has 2 rings (SSSR count). The van der Waals surface area contributed by atoms with Gasteiger partial charge in [-0.15, -0.1) is 0 Å². The molecule has 0 spiro atoms. The molecule has 2 saturated carbocycles. The number of ether oxygens (including phenoxy) is 2. The molecule has 4 heteroatoms. The van der Waals surface area contributed by atoms with E-state index in [-0.39, 0.29) is 32.8 Å². The van der Waals surface area contributed by atoms with Gasteiger partial charge in [0.2, 0.25) is 0 Å². The minimum absolute atomic E-state index is 0. The van der Waals surface area contributed by atoms with Gasteiger partial charge >= 0.3 is 26.2 Å². The molecular weight excluding hydrogens is 319 g/mol. The summed E-state index contributed by atoms with van der Waals surface area (Å²) in [5.74, 6) is 0.514. The summed E-state index contributed by atoms with van der Waals surface area (Å²) in [7, 11) is 0. The van der Waals surface area contributed by atoms with Crippen molar-refractivity contribution in [2.75, 3.05) is 19.8 Å². The maximum absolute atomic E-state index is 7.57. The van der Waals surface area contributed by atoms with Crippen LogP contribution in [0.3, 0.4) is 0 Å². The van der Waals surface area contributed by atoms with E-state index in [9.17, 15) is 0 Å². The van der Waals surface area contributed by atoms with Crippen molar-refractivity contribution in [3.8, 4) is 0 Å². The van der Waals surface area contributed by atoms with Gasteiger partial charge in [0.25, 0.3) is 0 Å². The molecule has 1 radical (unpaired) electrons. The van der Waals surface area contributed by atoms with Crippen molar-refractivity contribution in [1.82, 2.24) is 0 Å². The molecule has 1 N–H and O–H groups in total. The van der Waals surface area contributed by atoms with Crippen LogP contribution in [0.25, 0.3) is 0 Å². The molecule has 3 nitrogen and oxygen atoms in total. The van der Waals surface area contributed by atoms with E-state index in [1.165, 1.54) is 25.7 Å². The molecule has 2 aliphatic carbocycles. The van der Waals surface area contributed by atoms with Crippen molar-refractivity contribution >= 4 is 0 Å². The molecule has 0 aromatic rings. The largest absolute Gasteiger partial charge is 3.00 e. The van der Waals surface area contributed by atoms with Gasteiger partial charge in [0.05, 0.1) is 13.2 Å². The van der Waals surface area contributed by atoms with Crippen LogP contribution in [0, 0.1) is 19.8 Å². The molecule has 0 unspecified atom stereocenters. The van der Waals surface area contributed by atoms with Gasteiger partial charge in [0.15, 0.2) is 0 Å². The number of hydrogen-bond acceptors (Lipinski definition) is 3. The third kappa shape index (κ3) is 46.0. The van der Waals surface area contributed by atoms with Crippen molar-refractivity contribution in [3.05, 3.63) is 31.8 Å². The Morgan fingerprint density at radius 2 is 1.32 bits per heavy atom. The first kappa shape index (κ1) is 24.1. The van der Waals surface area contributed by atoms with Gasteiger partial charge in [-0.2, -0.15) is 6.08 Å². The predicted molar refractivity (Wildman–Crippen MR) is 76.5 cm³/mol. The summed E-state index contributed by atoms with van der Waals surface area (Å²) in [5, 5.41) is 7.57. The second kappa shape index (κ2) is 23.2. The SMILES string of the molecule is CCO.[CH-]1CC1.[CH-]1CC1.[CH2-]C=C(OCC)OCC.[Zr+3]. The van der Waals surface area contributed by atoms with Crippen molar-refractivity contribution in [2.45, 2.75) is 46.5 Å². The zero-order valence-electron chi connectivity index (χ0n) is 12.7. The van der Waals surface area contributed by atoms with Crippen molar-refractivity contribution < 1.29 is 40.8 Å². The van der Waals surface area contributed by atoms with Gasteiger partial charge in [0.1, 0.15) is 5.95 Å². The van der Waals surface area contributed by atoms with Gasteiger partial charge < -0.3 is 27.4 Å². The fourth-order valence-corrected chi connectivity index (χ4v) is 0.444. The number of aliphatic hydroxyl groups excluding tert-OH is 1. The van der Waals surface area contributed by atoms with E-state index in [4.69, 9.17) is 14.6 Å². The molecule has 111 valence electrons. The quantitative estimate of drug-likeness (QED) is 0.622. The third-order valence-corrected chi connectivity index (χ3v) is 1.32. The summed E-state index contributed by atoms with van der Waals surface area (Å²) in [6, 6.07) is 0. The minimum atomic E-state index is 0. The van der Waals surface area contributed by atoms with Crippen molar-refractivity contribution in [1.29, 1.82) is 0 Å². The molecule has 0 amide bonds. The minimum Gasteiger partial charge on any atom is -0.550 e. The second-order valence-electron chi connectivity index (χ2n) is 3.44. The van der Waals surface area contributed by atoms with Crippen LogP contribution in [0.1, 0.15) is 46.5 Å². The van der Waals surface area contributed by atoms with E-state index in [1.54, 1.807) is 13.0 Å². The molecule has 0 saturated heterocycles. The molecule has 0 aliphatic heterocycles. The monoisotopic (exact) mass is 347 g/mol. The van der Waals surface area contributed by atoms with Crippen LogP contribution in [-0.4, -0.2) is 24.9 Å². The maximum atomic E-state index is 7.57. The Balaban J connectivity index is -0.000000208. The molecule has 0 bridgehead atoms. The summed E-state index contributed by atoms with van der Waals surface area (Å²) in [5.41, 5.74) is 0. The Bertz CT molecular complexity index is 149. The number of rotatable bonds is 4. The normalized spacial score (nSPS) is 12.4. The van der Waals surface area contributed by atoms with Crippen LogP contribution in [-0.2, 0) is 35.7 Å². The first-order valence-electron chi connectivity index (χ1n) is 6.75. The Morgan fingerprint density at radius 3 is 1.42 bits per heavy atom. The van der Waals surface area contributed by atoms with E-state index in [2.05, 4.69) is 19.8 Å². The van der Waals surface area contributed by atoms with Gasteiger partial charge in [-0.25, -0.2) is 32.6 Å². The third-order valence-electron chi connectivity index (χ3n) is 1.32. The fourth-order valence-electron chi connectivity index (χ4n) is 0.444. The molecule has 0 aromatic heterocycles. The van der Waals surface area contributed by atoms with Crippen molar-refractivity contribution in [3.63, 3.8) is 0 Å². The van der Waals surface area contributed by atoms with Crippen molar-refractivity contribution in [2.24, 2.45) is 0 Å². The molecule has 2 fully saturated rings. The number of allylic oxidation sites excluding steroid dienone is 1. The average Bonchev–Trinajstić information content (AvgIpc) is 3.25. The zero-order chi connectivity index (χ0) is 14.1. The van der Waals surface area contributed by atoms with Gasteiger partial charge in [-0.3, -0.25) is 0 Å². The van der Waals surface area contributed by atoms with Gasteiger partial charge in [-0.05, 0) is 20.8 Å². The molecule has 19 heavy (non-hydrogen) atoms. The zero-order valence-corrected chi connectivity index (χ0v) is 15.1. The van der Waals surface area contributed by atoms with Gasteiger partial charge in [-0.1, -0.05) is 0 Å². The first-order valence-corrected chi connectivity index (χ1v) is 6.75. The molecule has 0 aromatic carbocycles. The van der Waals surface area contributed by atoms with E-state index in [1.807, 2.05) is 13.8 Å². The number of hydrogen-bond donors (Lipinski definition) is 1. The van der Waals surface area contributed by atoms with E-state index >= 15 is 0 Å². The maximum Gasteiger partial charge on any atom is 3.00 e. The Labute approximate surface area is 138 Å². The standard InChI is InChI=1S/C7H13O2.2C3H5.C2H6O.Zr/c1-4-7(8-5-2)9-6-3;2*1-2-3-1;1-2-3;/h4H,1,5-6H2,2-3H3;2*1H,2-3H2;3H,2H2,1H3;/q3*-1;;+3. The molecule has 2 aliphatic rings. The van der Waals surface area contributed by atoms with Crippen LogP contribution in [0.2, 0.25) is 0 Å². The molecular formula is C15H29O3Zr. The predicted octanol–water partition coefficient (Wildman–Crippen LogP) is 3.70.